The molecule has 2 heterocycles. The van der Waals surface area contributed by atoms with Gasteiger partial charge in [0.2, 0.25) is 0 Å². The van der Waals surface area contributed by atoms with Crippen molar-refractivity contribution in [1.82, 2.24) is 0 Å². The van der Waals surface area contributed by atoms with Crippen LogP contribution in [-0.2, 0) is 13.1 Å². The van der Waals surface area contributed by atoms with Crippen molar-refractivity contribution in [2.24, 2.45) is 0 Å². The molecule has 4 rings (SSSR count). The van der Waals surface area contributed by atoms with Crippen LogP contribution in [0.15, 0.2) is 109 Å². The van der Waals surface area contributed by atoms with Crippen LogP contribution in [0.25, 0.3) is 11.4 Å². The molecule has 0 aliphatic rings. The third-order valence-corrected chi connectivity index (χ3v) is 4.54. The van der Waals surface area contributed by atoms with E-state index < -0.39 is 0 Å². The Morgan fingerprint density at radius 1 is 0.429 bits per heavy atom. The summed E-state index contributed by atoms with van der Waals surface area (Å²) in [6.45, 7) is 1.72. The van der Waals surface area contributed by atoms with Crippen LogP contribution in [0.1, 0.15) is 11.1 Å². The molecule has 0 radical (unpaired) electrons. The number of hydrogen-bond donors (Lipinski definition) is 0. The lowest BCUT2D eigenvalue weighted by Crippen LogP contribution is -3.00. The van der Waals surface area contributed by atoms with E-state index in [1.165, 1.54) is 22.5 Å². The first-order chi connectivity index (χ1) is 12.9. The maximum Gasteiger partial charge on any atom is 0.277 e. The fourth-order valence-electron chi connectivity index (χ4n) is 3.25. The Kier molecular flexibility index (Phi) is 8.55. The van der Waals surface area contributed by atoms with Gasteiger partial charge in [0.15, 0.2) is 25.5 Å². The lowest BCUT2D eigenvalue weighted by Gasteiger charge is -2.05. The summed E-state index contributed by atoms with van der Waals surface area (Å²) in [5, 5.41) is 0. The van der Waals surface area contributed by atoms with Gasteiger partial charge in [-0.15, -0.1) is 0 Å². The van der Waals surface area contributed by atoms with Crippen LogP contribution in [0.5, 0.6) is 0 Å². The van der Waals surface area contributed by atoms with Crippen molar-refractivity contribution in [3.8, 4) is 11.4 Å². The molecule has 0 bridgehead atoms. The van der Waals surface area contributed by atoms with Gasteiger partial charge in [-0.3, -0.25) is 0 Å². The molecule has 2 nitrogen and oxygen atoms in total. The minimum absolute atomic E-state index is 0. The fourth-order valence-corrected chi connectivity index (χ4v) is 3.25. The first-order valence-electron chi connectivity index (χ1n) is 8.95. The van der Waals surface area contributed by atoms with Gasteiger partial charge in [-0.05, 0) is 12.1 Å². The molecular formula is C24H22Br2N2. The molecule has 0 aliphatic carbocycles. The molecule has 2 aromatic carbocycles. The second-order valence-electron chi connectivity index (χ2n) is 6.40. The largest absolute Gasteiger partial charge is 1.00 e. The van der Waals surface area contributed by atoms with Gasteiger partial charge in [0.05, 0.1) is 0 Å². The molecule has 0 saturated heterocycles. The van der Waals surface area contributed by atoms with E-state index in [-0.39, 0.29) is 34.0 Å². The maximum absolute atomic E-state index is 2.31. The topological polar surface area (TPSA) is 7.76 Å². The number of rotatable bonds is 5. The summed E-state index contributed by atoms with van der Waals surface area (Å²) in [6.07, 6.45) is 4.31. The Balaban J connectivity index is 0.00000140. The van der Waals surface area contributed by atoms with Crippen LogP contribution in [0, 0.1) is 0 Å². The van der Waals surface area contributed by atoms with Crippen molar-refractivity contribution in [2.45, 2.75) is 13.1 Å². The van der Waals surface area contributed by atoms with Gasteiger partial charge in [0, 0.05) is 35.4 Å². The molecule has 2 aromatic heterocycles. The maximum atomic E-state index is 2.31. The highest BCUT2D eigenvalue weighted by atomic mass is 79.9. The molecule has 0 atom stereocenters. The molecule has 28 heavy (non-hydrogen) atoms. The molecule has 0 fully saturated rings. The average molecular weight is 498 g/mol. The van der Waals surface area contributed by atoms with E-state index in [9.17, 15) is 0 Å². The highest BCUT2D eigenvalue weighted by molar-refractivity contribution is 5.46. The number of benzene rings is 2. The lowest BCUT2D eigenvalue weighted by atomic mass is 10.1. The molecule has 0 N–H and O–H groups in total. The summed E-state index contributed by atoms with van der Waals surface area (Å²) >= 11 is 0. The molecule has 0 saturated carbocycles. The number of pyridine rings is 2. The van der Waals surface area contributed by atoms with Gasteiger partial charge in [0.1, 0.15) is 0 Å². The number of nitrogens with zero attached hydrogens (tertiary/aromatic N) is 2. The van der Waals surface area contributed by atoms with Crippen molar-refractivity contribution in [3.05, 3.63) is 121 Å². The third-order valence-electron chi connectivity index (χ3n) is 4.54. The zero-order valence-corrected chi connectivity index (χ0v) is 18.6. The minimum atomic E-state index is 0. The lowest BCUT2D eigenvalue weighted by molar-refractivity contribution is -0.706. The highest BCUT2D eigenvalue weighted by Gasteiger charge is 2.22. The molecule has 142 valence electrons. The van der Waals surface area contributed by atoms with E-state index in [0.29, 0.717) is 0 Å². The van der Waals surface area contributed by atoms with E-state index in [0.717, 1.165) is 13.1 Å². The molecule has 4 heteroatoms. The summed E-state index contributed by atoms with van der Waals surface area (Å²) in [5.41, 5.74) is 5.03. The van der Waals surface area contributed by atoms with Crippen LogP contribution in [0.4, 0.5) is 0 Å². The van der Waals surface area contributed by atoms with Crippen molar-refractivity contribution >= 4 is 0 Å². The number of halogens is 2. The Morgan fingerprint density at radius 2 is 0.786 bits per heavy atom. The monoisotopic (exact) mass is 496 g/mol. The Bertz CT molecular complexity index is 906. The van der Waals surface area contributed by atoms with Crippen LogP contribution in [0.2, 0.25) is 0 Å². The normalized spacial score (nSPS) is 9.86. The predicted molar refractivity (Wildman–Crippen MR) is 103 cm³/mol. The fraction of sp³-hybridized carbons (Fsp3) is 0.0833. The number of aromatic nitrogens is 2. The van der Waals surface area contributed by atoms with E-state index in [1.807, 2.05) is 0 Å². The highest BCUT2D eigenvalue weighted by Crippen LogP contribution is 2.12. The van der Waals surface area contributed by atoms with Gasteiger partial charge in [-0.25, -0.2) is 0 Å². The first-order valence-corrected chi connectivity index (χ1v) is 8.95. The summed E-state index contributed by atoms with van der Waals surface area (Å²) in [4.78, 5) is 0. The van der Waals surface area contributed by atoms with Gasteiger partial charge in [-0.2, -0.15) is 9.13 Å². The molecular weight excluding hydrogens is 476 g/mol. The Morgan fingerprint density at radius 3 is 1.18 bits per heavy atom. The van der Waals surface area contributed by atoms with Crippen molar-refractivity contribution in [2.75, 3.05) is 0 Å². The smallest absolute Gasteiger partial charge is 0.277 e. The van der Waals surface area contributed by atoms with E-state index in [2.05, 4.69) is 119 Å². The third kappa shape index (κ3) is 5.37. The molecule has 0 amide bonds. The molecule has 0 spiro atoms. The Hall–Kier alpha value is -2.30. The molecule has 0 unspecified atom stereocenters. The first kappa shape index (κ1) is 22.0. The van der Waals surface area contributed by atoms with E-state index in [4.69, 9.17) is 0 Å². The van der Waals surface area contributed by atoms with Crippen molar-refractivity contribution in [3.63, 3.8) is 0 Å². The van der Waals surface area contributed by atoms with Crippen molar-refractivity contribution < 1.29 is 43.1 Å². The van der Waals surface area contributed by atoms with Crippen LogP contribution >= 0.6 is 0 Å². The van der Waals surface area contributed by atoms with E-state index in [1.54, 1.807) is 0 Å². The zero-order chi connectivity index (χ0) is 17.6. The average Bonchev–Trinajstić information content (AvgIpc) is 2.71. The zero-order valence-electron chi connectivity index (χ0n) is 15.5. The summed E-state index contributed by atoms with van der Waals surface area (Å²) in [6, 6.07) is 34.0. The predicted octanol–water partition coefficient (Wildman–Crippen LogP) is -1.97. The van der Waals surface area contributed by atoms with Crippen LogP contribution in [0.3, 0.4) is 0 Å². The van der Waals surface area contributed by atoms with Crippen LogP contribution in [-0.4, -0.2) is 0 Å². The quantitative estimate of drug-likeness (QED) is 0.283. The van der Waals surface area contributed by atoms with E-state index >= 15 is 0 Å². The second kappa shape index (κ2) is 10.9. The van der Waals surface area contributed by atoms with Crippen molar-refractivity contribution in [1.29, 1.82) is 0 Å². The summed E-state index contributed by atoms with van der Waals surface area (Å²) in [7, 11) is 0. The second-order valence-corrected chi connectivity index (χ2v) is 6.40. The van der Waals surface area contributed by atoms with Crippen LogP contribution < -0.4 is 43.1 Å². The molecule has 0 aliphatic heterocycles. The summed E-state index contributed by atoms with van der Waals surface area (Å²) in [5.74, 6) is 0. The van der Waals surface area contributed by atoms with Gasteiger partial charge < -0.3 is 34.0 Å². The summed E-state index contributed by atoms with van der Waals surface area (Å²) < 4.78 is 4.62. The number of hydrogen-bond acceptors (Lipinski definition) is 0. The van der Waals surface area contributed by atoms with Gasteiger partial charge in [0.25, 0.3) is 11.4 Å². The minimum Gasteiger partial charge on any atom is -1.00 e. The Labute approximate surface area is 187 Å². The van der Waals surface area contributed by atoms with Gasteiger partial charge >= 0.3 is 0 Å². The standard InChI is InChI=1S/C24H22N2.2BrH/c1-3-11-21(12-4-1)19-25-17-9-7-15-23(25)24-16-8-10-18-26(24)20-22-13-5-2-6-14-22;;/h1-18H,19-20H2;2*1H/q+2;;/p-2. The van der Waals surface area contributed by atoms with Gasteiger partial charge in [-0.1, -0.05) is 60.7 Å². The molecule has 4 aromatic rings. The SMILES string of the molecule is [Br-].[Br-].c1ccc(C[n+]2ccccc2-c2cccc[n+]2Cc2ccccc2)cc1.